The van der Waals surface area contributed by atoms with E-state index >= 15 is 0 Å². The lowest BCUT2D eigenvalue weighted by Gasteiger charge is -2.38. The highest BCUT2D eigenvalue weighted by molar-refractivity contribution is 5.98. The predicted octanol–water partition coefficient (Wildman–Crippen LogP) is 6.32. The van der Waals surface area contributed by atoms with Gasteiger partial charge in [-0.15, -0.1) is 0 Å². The summed E-state index contributed by atoms with van der Waals surface area (Å²) in [6.45, 7) is 1.95. The normalized spacial score (nSPS) is 16.9. The van der Waals surface area contributed by atoms with Gasteiger partial charge in [0.1, 0.15) is 36.3 Å². The van der Waals surface area contributed by atoms with Crippen LogP contribution in [-0.4, -0.2) is 126 Å². The predicted molar refractivity (Wildman–Crippen MR) is 262 cm³/mol. The van der Waals surface area contributed by atoms with Crippen LogP contribution in [0.3, 0.4) is 0 Å². The van der Waals surface area contributed by atoms with Gasteiger partial charge >= 0.3 is 6.18 Å². The Labute approximate surface area is 412 Å². The number of amides is 2. The van der Waals surface area contributed by atoms with Crippen molar-refractivity contribution in [1.29, 1.82) is 0 Å². The molecule has 4 heterocycles. The van der Waals surface area contributed by atoms with Crippen molar-refractivity contribution >= 4 is 39.2 Å². The molecule has 8 rings (SSSR count). The van der Waals surface area contributed by atoms with E-state index in [1.807, 2.05) is 48.9 Å². The number of aliphatic hydroxyl groups excluding tert-OH is 2. The molecule has 1 aliphatic rings. The first-order valence-corrected chi connectivity index (χ1v) is 23.4. The molecular formula is C53H54F3N7O9. The van der Waals surface area contributed by atoms with Gasteiger partial charge in [-0.05, 0) is 56.8 Å². The van der Waals surface area contributed by atoms with Crippen LogP contribution in [-0.2, 0) is 47.7 Å². The number of ether oxygens (including phenoxy) is 5. The summed E-state index contributed by atoms with van der Waals surface area (Å²) in [5.41, 5.74) is 5.13. The number of carbonyl (C=O) groups excluding carboxylic acids is 2. The highest BCUT2D eigenvalue weighted by Crippen LogP contribution is 2.36. The standard InChI is InChI=1S/C53H54F3N7O9/c54-53(55,56)47-30-59-31-48(63-47)62-44-33-72-46(52(67)51(44)66)29-61-50(65)26-49(64)60-18-20-68-21-22-69-23-24-70-32-35-9-12-41(40-6-2-4-37-14-17-58-28-43(37)40)45(25-35)71-19-15-34-7-10-38(11-8-34)39-5-1-3-36-13-16-57-27-42(36)39/h1-14,16-17,25,27-28,30-31,44,46,51-52,66-67H,15,18-24,26,29,32-33H2,(H,60,64)(H,61,65)(H,62,63)/t44-,46+,51+,52-/m0/s1. The SMILES string of the molecule is O=C(CC(=O)NC[C@H]1OC[C@H](Nc2cncc(C(F)(F)F)n2)[C@@H](O)[C@H]1O)NCCOCCOCCOCc1ccc(-c2cccc3ccncc23)c(OCCc2ccc(-c3cccc4ccncc34)cc2)c1. The van der Waals surface area contributed by atoms with Crippen molar-refractivity contribution < 1.29 is 56.7 Å². The summed E-state index contributed by atoms with van der Waals surface area (Å²) in [6.07, 6.45) is 0.440. The third-order valence-corrected chi connectivity index (χ3v) is 11.9. The lowest BCUT2D eigenvalue weighted by Crippen LogP contribution is -2.58. The molecular weight excluding hydrogens is 936 g/mol. The van der Waals surface area contributed by atoms with Crippen LogP contribution in [0.2, 0.25) is 0 Å². The van der Waals surface area contributed by atoms with Crippen molar-refractivity contribution in [3.8, 4) is 28.0 Å². The van der Waals surface area contributed by atoms with Crippen molar-refractivity contribution in [2.45, 2.75) is 50.0 Å². The first-order chi connectivity index (χ1) is 35.0. The minimum Gasteiger partial charge on any atom is -0.493 e. The van der Waals surface area contributed by atoms with Gasteiger partial charge in [-0.25, -0.2) is 4.98 Å². The van der Waals surface area contributed by atoms with Gasteiger partial charge in [0.25, 0.3) is 0 Å². The molecule has 16 nitrogen and oxygen atoms in total. The Hall–Kier alpha value is -7.13. The van der Waals surface area contributed by atoms with E-state index < -0.39 is 54.5 Å². The Balaban J connectivity index is 0.710. The summed E-state index contributed by atoms with van der Waals surface area (Å²) in [7, 11) is 0. The Morgan fingerprint density at radius 3 is 2.08 bits per heavy atom. The molecule has 0 bridgehead atoms. The van der Waals surface area contributed by atoms with Crippen molar-refractivity contribution in [2.24, 2.45) is 0 Å². The average molecular weight is 990 g/mol. The average Bonchev–Trinajstić information content (AvgIpc) is 3.39. The molecule has 1 fully saturated rings. The number of hydrogen-bond acceptors (Lipinski definition) is 14. The molecule has 0 aliphatic carbocycles. The van der Waals surface area contributed by atoms with Crippen LogP contribution in [0.5, 0.6) is 5.75 Å². The number of carbonyl (C=O) groups is 2. The van der Waals surface area contributed by atoms with Crippen LogP contribution in [0, 0.1) is 0 Å². The summed E-state index contributed by atoms with van der Waals surface area (Å²) < 4.78 is 68.2. The maximum atomic E-state index is 13.0. The topological polar surface area (TPSA) is 208 Å². The second-order valence-corrected chi connectivity index (χ2v) is 16.9. The molecule has 5 N–H and O–H groups in total. The van der Waals surface area contributed by atoms with Gasteiger partial charge in [-0.1, -0.05) is 72.8 Å². The number of alkyl halides is 3. The maximum absolute atomic E-state index is 13.0. The molecule has 1 saturated heterocycles. The van der Waals surface area contributed by atoms with E-state index in [1.54, 1.807) is 6.20 Å². The van der Waals surface area contributed by atoms with Crippen molar-refractivity contribution in [3.05, 3.63) is 145 Å². The van der Waals surface area contributed by atoms with Crippen LogP contribution in [0.4, 0.5) is 19.0 Å². The third kappa shape index (κ3) is 13.8. The Bertz CT molecular complexity index is 2900. The van der Waals surface area contributed by atoms with Gasteiger partial charge in [0.2, 0.25) is 11.8 Å². The van der Waals surface area contributed by atoms with Crippen LogP contribution in [0.15, 0.2) is 128 Å². The number of aromatic nitrogens is 4. The second-order valence-electron chi connectivity index (χ2n) is 16.9. The van der Waals surface area contributed by atoms with Crippen molar-refractivity contribution in [3.63, 3.8) is 0 Å². The molecule has 2 amide bonds. The summed E-state index contributed by atoms with van der Waals surface area (Å²) in [4.78, 5) is 40.3. The van der Waals surface area contributed by atoms with E-state index in [2.05, 4.69) is 96.5 Å². The molecule has 1 aliphatic heterocycles. The van der Waals surface area contributed by atoms with Gasteiger partial charge in [0.15, 0.2) is 5.69 Å². The fourth-order valence-corrected chi connectivity index (χ4v) is 8.17. The van der Waals surface area contributed by atoms with E-state index in [9.17, 15) is 33.0 Å². The first kappa shape index (κ1) is 51.2. The summed E-state index contributed by atoms with van der Waals surface area (Å²) in [5, 5.41) is 33.1. The highest BCUT2D eigenvalue weighted by Gasteiger charge is 2.39. The Morgan fingerprint density at radius 2 is 1.35 bits per heavy atom. The fourth-order valence-electron chi connectivity index (χ4n) is 8.17. The highest BCUT2D eigenvalue weighted by atomic mass is 19.4. The zero-order valence-electron chi connectivity index (χ0n) is 39.1. The minimum atomic E-state index is -4.72. The first-order valence-electron chi connectivity index (χ1n) is 23.4. The number of benzene rings is 4. The Kier molecular flexibility index (Phi) is 17.7. The number of rotatable bonds is 23. The molecule has 3 aromatic heterocycles. The van der Waals surface area contributed by atoms with E-state index in [0.29, 0.717) is 45.7 Å². The van der Waals surface area contributed by atoms with Crippen LogP contribution >= 0.6 is 0 Å². The largest absolute Gasteiger partial charge is 0.493 e. The second kappa shape index (κ2) is 24.8. The van der Waals surface area contributed by atoms with Crippen molar-refractivity contribution in [2.75, 3.05) is 64.7 Å². The number of halogens is 3. The van der Waals surface area contributed by atoms with Gasteiger partial charge in [0, 0.05) is 60.6 Å². The molecule has 0 saturated carbocycles. The number of pyridine rings is 2. The van der Waals surface area contributed by atoms with Crippen LogP contribution < -0.4 is 20.7 Å². The van der Waals surface area contributed by atoms with Gasteiger partial charge in [-0.3, -0.25) is 24.5 Å². The quantitative estimate of drug-likeness (QED) is 0.0351. The summed E-state index contributed by atoms with van der Waals surface area (Å²) in [6, 6.07) is 30.2. The fraction of sp³-hybridized carbons (Fsp3) is 0.321. The van der Waals surface area contributed by atoms with Crippen LogP contribution in [0.1, 0.15) is 23.2 Å². The molecule has 0 unspecified atom stereocenters. The van der Waals surface area contributed by atoms with Crippen LogP contribution in [0.25, 0.3) is 43.8 Å². The lowest BCUT2D eigenvalue weighted by molar-refractivity contribution is -0.143. The molecule has 7 aromatic rings. The van der Waals surface area contributed by atoms with E-state index in [4.69, 9.17) is 23.7 Å². The smallest absolute Gasteiger partial charge is 0.434 e. The molecule has 19 heteroatoms. The monoisotopic (exact) mass is 989 g/mol. The van der Waals surface area contributed by atoms with E-state index in [1.165, 1.54) is 0 Å². The maximum Gasteiger partial charge on any atom is 0.434 e. The zero-order chi connectivity index (χ0) is 50.3. The van der Waals surface area contributed by atoms with E-state index in [0.717, 1.165) is 66.9 Å². The minimum absolute atomic E-state index is 0.149. The molecule has 0 spiro atoms. The van der Waals surface area contributed by atoms with E-state index in [-0.39, 0.29) is 38.7 Å². The number of nitrogens with one attached hydrogen (secondary N) is 3. The molecule has 0 radical (unpaired) electrons. The molecule has 4 aromatic carbocycles. The molecule has 72 heavy (non-hydrogen) atoms. The Morgan fingerprint density at radius 1 is 0.681 bits per heavy atom. The van der Waals surface area contributed by atoms with Gasteiger partial charge in [-0.2, -0.15) is 13.2 Å². The number of anilines is 1. The summed E-state index contributed by atoms with van der Waals surface area (Å²) >= 11 is 0. The molecule has 376 valence electrons. The van der Waals surface area contributed by atoms with Crippen molar-refractivity contribution in [1.82, 2.24) is 30.6 Å². The number of fused-ring (bicyclic) bond motifs is 2. The zero-order valence-corrected chi connectivity index (χ0v) is 39.1. The number of aliphatic hydroxyl groups is 2. The summed E-state index contributed by atoms with van der Waals surface area (Å²) in [5.74, 6) is -0.727. The lowest BCUT2D eigenvalue weighted by atomic mass is 9.97. The molecule has 4 atom stereocenters. The third-order valence-electron chi connectivity index (χ3n) is 11.9. The number of hydrogen-bond donors (Lipinski definition) is 5. The van der Waals surface area contributed by atoms with Gasteiger partial charge in [0.05, 0.1) is 71.3 Å². The van der Waals surface area contributed by atoms with Gasteiger partial charge < -0.3 is 49.8 Å². The number of nitrogens with zero attached hydrogens (tertiary/aromatic N) is 4.